The predicted octanol–water partition coefficient (Wildman–Crippen LogP) is 6.21. The third-order valence-corrected chi connectivity index (χ3v) is 7.48. The van der Waals surface area contributed by atoms with Crippen LogP contribution in [0.25, 0.3) is 0 Å². The van der Waals surface area contributed by atoms with Gasteiger partial charge in [0.05, 0.1) is 12.1 Å². The van der Waals surface area contributed by atoms with Crippen LogP contribution in [0.4, 0.5) is 87.8 Å². The molecule has 0 aromatic heterocycles. The fourth-order valence-electron chi connectivity index (χ4n) is 5.64. The van der Waals surface area contributed by atoms with Gasteiger partial charge in [0.1, 0.15) is 52.7 Å². The van der Waals surface area contributed by atoms with Crippen LogP contribution >= 0.6 is 0 Å². The quantitative estimate of drug-likeness (QED) is 0.104. The number of rotatable bonds is 6. The number of nitrogens with two attached hydrogens (primary N) is 1. The molecule has 0 aliphatic carbocycles. The smallest absolute Gasteiger partial charge is 0.200 e. The molecule has 0 heterocycles. The van der Waals surface area contributed by atoms with Crippen LogP contribution < -0.4 is 27.2 Å². The first kappa shape index (κ1) is 41.9. The monoisotopic (exact) mass is 781 g/mol. The molecule has 1 nitrogen and oxygen atoms in total. The van der Waals surface area contributed by atoms with Crippen LogP contribution in [0, 0.1) is 116 Å². The molecule has 0 amide bonds. The first-order valence-electron chi connectivity index (χ1n) is 13.9. The fraction of sp³-hybridized carbons (Fsp3) is 0.200. The summed E-state index contributed by atoms with van der Waals surface area (Å²) in [6.45, 7) is 8.83. The first-order valence-corrected chi connectivity index (χ1v) is 13.9. The van der Waals surface area contributed by atoms with Gasteiger partial charge in [-0.25, -0.2) is 87.8 Å². The maximum Gasteiger partial charge on any atom is 0.200 e. The normalized spacial score (nSPS) is 11.9. The Kier molecular flexibility index (Phi) is 12.0. The molecule has 52 heavy (non-hydrogen) atoms. The Labute approximate surface area is 277 Å². The fourth-order valence-corrected chi connectivity index (χ4v) is 5.64. The lowest BCUT2D eigenvalue weighted by atomic mass is 9.12. The van der Waals surface area contributed by atoms with Crippen LogP contribution in [0.5, 0.6) is 0 Å². The summed E-state index contributed by atoms with van der Waals surface area (Å²) in [6, 6.07) is 1.50. The van der Waals surface area contributed by atoms with E-state index >= 15 is 35.1 Å². The Hall–Kier alpha value is -4.50. The van der Waals surface area contributed by atoms with Crippen molar-refractivity contribution in [3.63, 3.8) is 0 Å². The average molecular weight is 781 g/mol. The maximum atomic E-state index is 15.4. The summed E-state index contributed by atoms with van der Waals surface area (Å²) >= 11 is 0. The lowest BCUT2D eigenvalue weighted by molar-refractivity contribution is -0.709. The van der Waals surface area contributed by atoms with E-state index in [2.05, 4.69) is 33.0 Å². The second-order valence-electron chi connectivity index (χ2n) is 11.5. The van der Waals surface area contributed by atoms with E-state index in [1.165, 1.54) is 0 Å². The highest BCUT2D eigenvalue weighted by molar-refractivity contribution is 7.20. The summed E-state index contributed by atoms with van der Waals surface area (Å²) in [4.78, 5) is 0. The molecular formula is C30H16BF20N. The van der Waals surface area contributed by atoms with Gasteiger partial charge in [-0.3, -0.25) is 0 Å². The minimum atomic E-state index is -7.22. The Bertz CT molecular complexity index is 1690. The van der Waals surface area contributed by atoms with Crippen LogP contribution in [0.2, 0.25) is 0 Å². The number of halogens is 20. The Morgan fingerprint density at radius 2 is 0.365 bits per heavy atom. The zero-order chi connectivity index (χ0) is 40.2. The molecule has 0 unspecified atom stereocenters. The van der Waals surface area contributed by atoms with E-state index in [-0.39, 0.29) is 0 Å². The molecule has 0 bridgehead atoms. The van der Waals surface area contributed by atoms with Gasteiger partial charge in [0.2, 0.25) is 0 Å². The number of hydrogen-bond donors (Lipinski definition) is 1. The van der Waals surface area contributed by atoms with Gasteiger partial charge in [-0.1, -0.05) is 0 Å². The van der Waals surface area contributed by atoms with Crippen molar-refractivity contribution in [2.45, 2.75) is 39.8 Å². The van der Waals surface area contributed by atoms with Gasteiger partial charge >= 0.3 is 0 Å². The number of benzene rings is 4. The van der Waals surface area contributed by atoms with E-state index in [0.29, 0.717) is 0 Å². The zero-order valence-corrected chi connectivity index (χ0v) is 25.9. The molecule has 4 aromatic rings. The van der Waals surface area contributed by atoms with E-state index in [1.807, 2.05) is 0 Å². The summed E-state index contributed by atoms with van der Waals surface area (Å²) < 4.78 is 294. The topological polar surface area (TPSA) is 16.6 Å². The van der Waals surface area contributed by atoms with E-state index in [1.54, 1.807) is 0 Å². The Morgan fingerprint density at radius 1 is 0.250 bits per heavy atom. The van der Waals surface area contributed by atoms with Crippen molar-refractivity contribution >= 4 is 28.0 Å². The Morgan fingerprint density at radius 3 is 0.462 bits per heavy atom. The van der Waals surface area contributed by atoms with Crippen molar-refractivity contribution in [1.82, 2.24) is 0 Å². The molecule has 0 radical (unpaired) electrons. The molecular weight excluding hydrogens is 765 g/mol. The molecule has 0 spiro atoms. The molecule has 0 fully saturated rings. The third kappa shape index (κ3) is 6.31. The molecule has 22 heteroatoms. The van der Waals surface area contributed by atoms with Gasteiger partial charge in [0.15, 0.2) is 69.8 Å². The predicted molar refractivity (Wildman–Crippen MR) is 141 cm³/mol. The molecule has 0 saturated heterocycles. The van der Waals surface area contributed by atoms with Crippen molar-refractivity contribution in [1.29, 1.82) is 0 Å². The van der Waals surface area contributed by atoms with Gasteiger partial charge < -0.3 is 5.32 Å². The van der Waals surface area contributed by atoms with Crippen LogP contribution in [0.15, 0.2) is 0 Å². The molecule has 0 aliphatic heterocycles. The minimum Gasteiger partial charge on any atom is -0.342 e. The van der Waals surface area contributed by atoms with E-state index < -0.39 is 144 Å². The van der Waals surface area contributed by atoms with E-state index in [9.17, 15) is 52.7 Å². The van der Waals surface area contributed by atoms with Crippen molar-refractivity contribution in [2.75, 3.05) is 0 Å². The van der Waals surface area contributed by atoms with Gasteiger partial charge in [0, 0.05) is 0 Å². The lowest BCUT2D eigenvalue weighted by Crippen LogP contribution is -2.92. The lowest BCUT2D eigenvalue weighted by Gasteiger charge is -2.44. The molecule has 2 N–H and O–H groups in total. The van der Waals surface area contributed by atoms with Gasteiger partial charge in [-0.2, -0.15) is 0 Å². The SMILES string of the molecule is CC(C)[NH2+]C(C)C.Fc1c(F)c(F)c([B-](c2c(F)c(F)c(F)c(F)c2F)(c2c(F)c(F)c(F)c(F)c2F)c2c(F)c(F)c(F)c(F)c2F)c(F)c1F. The molecule has 4 aromatic carbocycles. The highest BCUT2D eigenvalue weighted by atomic mass is 19.2. The van der Waals surface area contributed by atoms with Crippen molar-refractivity contribution in [2.24, 2.45) is 0 Å². The second-order valence-corrected chi connectivity index (χ2v) is 11.5. The van der Waals surface area contributed by atoms with Crippen LogP contribution in [-0.2, 0) is 0 Å². The standard InChI is InChI=1S/C24BF20.C6H15N/c26-5-1(6(27)14(35)21(42)13(5)34)25(2-7(28)15(36)22(43)16(37)8(2)29,3-9(30)17(38)23(44)18(39)10(3)31)4-11(32)19(40)24(45)20(41)12(4)33;1-5(2)7-6(3)4/h;5-7H,1-4H3/q-1;/p+1. The van der Waals surface area contributed by atoms with Crippen LogP contribution in [0.3, 0.4) is 0 Å². The summed E-state index contributed by atoms with van der Waals surface area (Å²) in [6.07, 6.45) is -7.22. The highest BCUT2D eigenvalue weighted by Crippen LogP contribution is 2.30. The third-order valence-electron chi connectivity index (χ3n) is 7.48. The van der Waals surface area contributed by atoms with Gasteiger partial charge in [-0.15, -0.1) is 21.9 Å². The van der Waals surface area contributed by atoms with Crippen molar-refractivity contribution in [3.8, 4) is 0 Å². The molecule has 284 valence electrons. The summed E-state index contributed by atoms with van der Waals surface area (Å²) in [5, 5.41) is 2.33. The molecule has 4 rings (SSSR count). The highest BCUT2D eigenvalue weighted by Gasteiger charge is 2.52. The van der Waals surface area contributed by atoms with Crippen molar-refractivity contribution in [3.05, 3.63) is 116 Å². The Balaban J connectivity index is 0.000000944. The van der Waals surface area contributed by atoms with Crippen LogP contribution in [-0.4, -0.2) is 18.2 Å². The molecule has 0 atom stereocenters. The first-order chi connectivity index (χ1) is 23.8. The van der Waals surface area contributed by atoms with Gasteiger partial charge in [0.25, 0.3) is 0 Å². The largest absolute Gasteiger partial charge is 0.342 e. The summed E-state index contributed by atoms with van der Waals surface area (Å²) in [5.41, 5.74) is -14.3. The van der Waals surface area contributed by atoms with Crippen molar-refractivity contribution < 1.29 is 93.1 Å². The molecule has 0 aliphatic rings. The van der Waals surface area contributed by atoms with Gasteiger partial charge in [-0.05, 0) is 27.7 Å². The summed E-state index contributed by atoms with van der Waals surface area (Å²) in [7, 11) is 0. The van der Waals surface area contributed by atoms with E-state index in [0.717, 1.165) is 12.1 Å². The average Bonchev–Trinajstić information content (AvgIpc) is 3.07. The van der Waals surface area contributed by atoms with Crippen LogP contribution in [0.1, 0.15) is 27.7 Å². The zero-order valence-electron chi connectivity index (χ0n) is 25.9. The summed E-state index contributed by atoms with van der Waals surface area (Å²) in [5.74, 6) is -71.4. The second kappa shape index (κ2) is 14.9. The molecule has 0 saturated carbocycles. The van der Waals surface area contributed by atoms with E-state index in [4.69, 9.17) is 0 Å². The maximum absolute atomic E-state index is 15.4. The number of hydrogen-bond acceptors (Lipinski definition) is 0. The number of quaternary nitrogens is 1. The minimum absolute atomic E-state index is 0.750.